The SMILES string of the molecule is CCC(CCN)N1CCCN(C2CCCC(OC)C2)CC1. The first kappa shape index (κ1) is 17.2. The number of methoxy groups -OCH3 is 1. The van der Waals surface area contributed by atoms with Crippen LogP contribution in [0.5, 0.6) is 0 Å². The number of hydrogen-bond donors (Lipinski definition) is 1. The molecule has 3 atom stereocenters. The third-order valence-electron chi connectivity index (χ3n) is 5.50. The van der Waals surface area contributed by atoms with Gasteiger partial charge in [0.2, 0.25) is 0 Å². The minimum Gasteiger partial charge on any atom is -0.381 e. The molecule has 0 bridgehead atoms. The molecule has 1 saturated carbocycles. The molecule has 0 radical (unpaired) electrons. The number of nitrogens with zero attached hydrogens (tertiary/aromatic N) is 2. The van der Waals surface area contributed by atoms with Crippen molar-refractivity contribution in [3.8, 4) is 0 Å². The molecule has 2 fully saturated rings. The first-order valence-electron chi connectivity index (χ1n) is 8.99. The van der Waals surface area contributed by atoms with Gasteiger partial charge in [0, 0.05) is 32.3 Å². The fourth-order valence-corrected chi connectivity index (χ4v) is 4.19. The zero-order chi connectivity index (χ0) is 15.1. The molecule has 0 aromatic heterocycles. The fourth-order valence-electron chi connectivity index (χ4n) is 4.19. The van der Waals surface area contributed by atoms with E-state index in [0.717, 1.165) is 19.0 Å². The Kier molecular flexibility index (Phi) is 7.44. The molecular formula is C17H35N3O. The van der Waals surface area contributed by atoms with Crippen molar-refractivity contribution in [3.05, 3.63) is 0 Å². The number of rotatable bonds is 6. The molecule has 2 rings (SSSR count). The molecule has 0 spiro atoms. The zero-order valence-corrected chi connectivity index (χ0v) is 14.1. The van der Waals surface area contributed by atoms with E-state index in [1.807, 2.05) is 7.11 Å². The van der Waals surface area contributed by atoms with Gasteiger partial charge in [0.25, 0.3) is 0 Å². The summed E-state index contributed by atoms with van der Waals surface area (Å²) < 4.78 is 5.60. The van der Waals surface area contributed by atoms with Crippen molar-refractivity contribution in [1.82, 2.24) is 9.80 Å². The van der Waals surface area contributed by atoms with Crippen LogP contribution < -0.4 is 5.73 Å². The Morgan fingerprint density at radius 2 is 2.00 bits per heavy atom. The standard InChI is InChI=1S/C17H35N3O/c1-3-15(8-9-18)19-10-5-11-20(13-12-19)16-6-4-7-17(14-16)21-2/h15-17H,3-14,18H2,1-2H3. The molecule has 1 heterocycles. The highest BCUT2D eigenvalue weighted by molar-refractivity contribution is 4.84. The molecule has 4 heteroatoms. The van der Waals surface area contributed by atoms with Gasteiger partial charge in [-0.3, -0.25) is 9.80 Å². The van der Waals surface area contributed by atoms with Crippen molar-refractivity contribution in [3.63, 3.8) is 0 Å². The van der Waals surface area contributed by atoms with Crippen molar-refractivity contribution < 1.29 is 4.74 Å². The molecule has 4 nitrogen and oxygen atoms in total. The molecule has 3 unspecified atom stereocenters. The second-order valence-corrected chi connectivity index (χ2v) is 6.74. The van der Waals surface area contributed by atoms with E-state index < -0.39 is 0 Å². The lowest BCUT2D eigenvalue weighted by Gasteiger charge is -2.36. The van der Waals surface area contributed by atoms with Gasteiger partial charge in [-0.05, 0) is 64.6 Å². The topological polar surface area (TPSA) is 41.7 Å². The second-order valence-electron chi connectivity index (χ2n) is 6.74. The van der Waals surface area contributed by atoms with Crippen LogP contribution in [0.4, 0.5) is 0 Å². The smallest absolute Gasteiger partial charge is 0.0586 e. The maximum atomic E-state index is 5.77. The van der Waals surface area contributed by atoms with Crippen LogP contribution in [-0.2, 0) is 4.74 Å². The molecule has 21 heavy (non-hydrogen) atoms. The van der Waals surface area contributed by atoms with Crippen molar-refractivity contribution >= 4 is 0 Å². The average molecular weight is 297 g/mol. The monoisotopic (exact) mass is 297 g/mol. The minimum atomic E-state index is 0.490. The van der Waals surface area contributed by atoms with Gasteiger partial charge in [0.05, 0.1) is 6.10 Å². The lowest BCUT2D eigenvalue weighted by Crippen LogP contribution is -2.43. The summed E-state index contributed by atoms with van der Waals surface area (Å²) in [5, 5.41) is 0. The molecule has 124 valence electrons. The quantitative estimate of drug-likeness (QED) is 0.815. The molecule has 1 aliphatic carbocycles. The Balaban J connectivity index is 1.85. The van der Waals surface area contributed by atoms with E-state index in [2.05, 4.69) is 16.7 Å². The normalized spacial score (nSPS) is 31.0. The summed E-state index contributed by atoms with van der Waals surface area (Å²) in [6, 6.07) is 1.44. The van der Waals surface area contributed by atoms with Crippen LogP contribution in [0, 0.1) is 0 Å². The largest absolute Gasteiger partial charge is 0.381 e. The Morgan fingerprint density at radius 1 is 1.14 bits per heavy atom. The summed E-state index contributed by atoms with van der Waals surface area (Å²) >= 11 is 0. The third kappa shape index (κ3) is 4.92. The van der Waals surface area contributed by atoms with Gasteiger partial charge in [-0.15, -0.1) is 0 Å². The van der Waals surface area contributed by atoms with Gasteiger partial charge in [0.1, 0.15) is 0 Å². The van der Waals surface area contributed by atoms with Crippen LogP contribution in [0.15, 0.2) is 0 Å². The van der Waals surface area contributed by atoms with Gasteiger partial charge in [-0.25, -0.2) is 0 Å². The van der Waals surface area contributed by atoms with E-state index in [4.69, 9.17) is 10.5 Å². The molecular weight excluding hydrogens is 262 g/mol. The minimum absolute atomic E-state index is 0.490. The summed E-state index contributed by atoms with van der Waals surface area (Å²) in [6.45, 7) is 8.06. The van der Waals surface area contributed by atoms with Gasteiger partial charge in [0.15, 0.2) is 0 Å². The molecule has 2 N–H and O–H groups in total. The summed E-state index contributed by atoms with van der Waals surface area (Å²) in [6.07, 6.45) is 9.34. The van der Waals surface area contributed by atoms with Gasteiger partial charge < -0.3 is 10.5 Å². The second kappa shape index (κ2) is 9.09. The molecule has 1 saturated heterocycles. The van der Waals surface area contributed by atoms with Crippen LogP contribution in [0.3, 0.4) is 0 Å². The highest BCUT2D eigenvalue weighted by atomic mass is 16.5. The van der Waals surface area contributed by atoms with Crippen LogP contribution in [0.1, 0.15) is 51.9 Å². The maximum absolute atomic E-state index is 5.77. The Morgan fingerprint density at radius 3 is 2.71 bits per heavy atom. The van der Waals surface area contributed by atoms with Crippen LogP contribution in [-0.4, -0.2) is 67.8 Å². The highest BCUT2D eigenvalue weighted by Gasteiger charge is 2.29. The van der Waals surface area contributed by atoms with Crippen LogP contribution in [0.2, 0.25) is 0 Å². The first-order chi connectivity index (χ1) is 10.3. The number of ether oxygens (including phenoxy) is 1. The lowest BCUT2D eigenvalue weighted by molar-refractivity contribution is 0.0285. The van der Waals surface area contributed by atoms with Crippen molar-refractivity contribution in [2.75, 3.05) is 39.8 Å². The van der Waals surface area contributed by atoms with Crippen LogP contribution in [0.25, 0.3) is 0 Å². The fraction of sp³-hybridized carbons (Fsp3) is 1.00. The Bertz CT molecular complexity index is 287. The first-order valence-corrected chi connectivity index (χ1v) is 8.99. The van der Waals surface area contributed by atoms with Gasteiger partial charge >= 0.3 is 0 Å². The highest BCUT2D eigenvalue weighted by Crippen LogP contribution is 2.26. The number of nitrogens with two attached hydrogens (primary N) is 1. The molecule has 0 aromatic rings. The number of hydrogen-bond acceptors (Lipinski definition) is 4. The van der Waals surface area contributed by atoms with E-state index >= 15 is 0 Å². The predicted octanol–water partition coefficient (Wildman–Crippen LogP) is 2.08. The van der Waals surface area contributed by atoms with Crippen molar-refractivity contribution in [2.24, 2.45) is 5.73 Å². The van der Waals surface area contributed by atoms with E-state index in [9.17, 15) is 0 Å². The summed E-state index contributed by atoms with van der Waals surface area (Å²) in [5.74, 6) is 0. The summed E-state index contributed by atoms with van der Waals surface area (Å²) in [4.78, 5) is 5.42. The van der Waals surface area contributed by atoms with E-state index in [0.29, 0.717) is 12.1 Å². The van der Waals surface area contributed by atoms with Crippen LogP contribution >= 0.6 is 0 Å². The van der Waals surface area contributed by atoms with E-state index in [1.54, 1.807) is 0 Å². The summed E-state index contributed by atoms with van der Waals surface area (Å²) in [7, 11) is 1.87. The zero-order valence-electron chi connectivity index (χ0n) is 14.1. The summed E-state index contributed by atoms with van der Waals surface area (Å²) in [5.41, 5.74) is 5.77. The Labute approximate surface area is 131 Å². The van der Waals surface area contributed by atoms with Crippen molar-refractivity contribution in [2.45, 2.75) is 70.1 Å². The maximum Gasteiger partial charge on any atom is 0.0586 e. The Hall–Kier alpha value is -0.160. The van der Waals surface area contributed by atoms with Gasteiger partial charge in [-0.1, -0.05) is 6.92 Å². The molecule has 2 aliphatic rings. The molecule has 0 amide bonds. The molecule has 1 aliphatic heterocycles. The average Bonchev–Trinajstić information content (AvgIpc) is 2.78. The predicted molar refractivity (Wildman–Crippen MR) is 88.6 cm³/mol. The third-order valence-corrected chi connectivity index (χ3v) is 5.50. The molecule has 0 aromatic carbocycles. The van der Waals surface area contributed by atoms with E-state index in [-0.39, 0.29) is 0 Å². The van der Waals surface area contributed by atoms with E-state index in [1.165, 1.54) is 64.7 Å². The van der Waals surface area contributed by atoms with Gasteiger partial charge in [-0.2, -0.15) is 0 Å². The van der Waals surface area contributed by atoms with Crippen molar-refractivity contribution in [1.29, 1.82) is 0 Å². The lowest BCUT2D eigenvalue weighted by atomic mass is 9.91.